The van der Waals surface area contributed by atoms with Crippen molar-refractivity contribution in [1.82, 2.24) is 4.57 Å². The van der Waals surface area contributed by atoms with Crippen LogP contribution in [0.3, 0.4) is 0 Å². The van der Waals surface area contributed by atoms with Crippen molar-refractivity contribution in [1.29, 1.82) is 0 Å². The zero-order valence-corrected chi connectivity index (χ0v) is 11.2. The first kappa shape index (κ1) is 12.0. The Morgan fingerprint density at radius 1 is 0.947 bits per heavy atom. The Morgan fingerprint density at radius 3 is 2.32 bits per heavy atom. The molecule has 0 spiro atoms. The van der Waals surface area contributed by atoms with E-state index in [1.54, 1.807) is 11.5 Å². The van der Waals surface area contributed by atoms with Crippen LogP contribution in [-0.4, -0.2) is 4.57 Å². The fourth-order valence-corrected chi connectivity index (χ4v) is 2.50. The number of rotatable bonds is 1. The predicted molar refractivity (Wildman–Crippen MR) is 79.3 cm³/mol. The number of nitrogens with zero attached hydrogens (tertiary/aromatic N) is 1. The number of hydrogen-bond acceptors (Lipinski definition) is 1. The zero-order valence-electron chi connectivity index (χ0n) is 10.4. The van der Waals surface area contributed by atoms with Gasteiger partial charge in [-0.25, -0.2) is 0 Å². The van der Waals surface area contributed by atoms with Crippen LogP contribution in [0.1, 0.15) is 5.56 Å². The Kier molecular flexibility index (Phi) is 2.88. The van der Waals surface area contributed by atoms with Crippen molar-refractivity contribution >= 4 is 22.5 Å². The van der Waals surface area contributed by atoms with Gasteiger partial charge in [-0.05, 0) is 25.1 Å². The molecule has 0 saturated heterocycles. The second-order valence-corrected chi connectivity index (χ2v) is 4.81. The van der Waals surface area contributed by atoms with E-state index in [1.165, 1.54) is 0 Å². The lowest BCUT2D eigenvalue weighted by Gasteiger charge is -2.13. The summed E-state index contributed by atoms with van der Waals surface area (Å²) in [5, 5.41) is 1.43. The maximum absolute atomic E-state index is 12.5. The van der Waals surface area contributed by atoms with Crippen LogP contribution in [0.15, 0.2) is 59.4 Å². The summed E-state index contributed by atoms with van der Waals surface area (Å²) >= 11 is 6.28. The van der Waals surface area contributed by atoms with E-state index in [1.807, 2.05) is 54.6 Å². The molecule has 2 aromatic carbocycles. The molecule has 3 rings (SSSR count). The summed E-state index contributed by atoms with van der Waals surface area (Å²) in [6.07, 6.45) is 0. The lowest BCUT2D eigenvalue weighted by atomic mass is 10.1. The van der Waals surface area contributed by atoms with Gasteiger partial charge in [0.2, 0.25) is 0 Å². The van der Waals surface area contributed by atoms with Gasteiger partial charge in [-0.3, -0.25) is 9.36 Å². The second-order valence-electron chi connectivity index (χ2n) is 4.43. The van der Waals surface area contributed by atoms with E-state index in [-0.39, 0.29) is 5.56 Å². The second kappa shape index (κ2) is 4.56. The van der Waals surface area contributed by atoms with Gasteiger partial charge in [0.25, 0.3) is 5.56 Å². The molecule has 1 heterocycles. The van der Waals surface area contributed by atoms with Crippen LogP contribution in [-0.2, 0) is 0 Å². The van der Waals surface area contributed by atoms with Crippen LogP contribution in [0.25, 0.3) is 16.6 Å². The molecule has 2 nitrogen and oxygen atoms in total. The molecule has 94 valence electrons. The van der Waals surface area contributed by atoms with Crippen LogP contribution < -0.4 is 5.56 Å². The maximum atomic E-state index is 12.5. The third-order valence-corrected chi connectivity index (χ3v) is 3.74. The van der Waals surface area contributed by atoms with Gasteiger partial charge < -0.3 is 0 Å². The van der Waals surface area contributed by atoms with Crippen molar-refractivity contribution in [2.45, 2.75) is 6.92 Å². The molecule has 0 fully saturated rings. The highest BCUT2D eigenvalue weighted by atomic mass is 35.5. The maximum Gasteiger partial charge on any atom is 0.260 e. The summed E-state index contributed by atoms with van der Waals surface area (Å²) < 4.78 is 1.70. The van der Waals surface area contributed by atoms with Crippen LogP contribution in [0, 0.1) is 6.92 Å². The molecule has 0 aliphatic rings. The summed E-state index contributed by atoms with van der Waals surface area (Å²) in [6.45, 7) is 1.76. The number of halogens is 1. The molecule has 0 saturated carbocycles. The van der Waals surface area contributed by atoms with E-state index in [0.29, 0.717) is 10.6 Å². The molecule has 0 N–H and O–H groups in total. The predicted octanol–water partition coefficient (Wildman–Crippen LogP) is 3.95. The highest BCUT2D eigenvalue weighted by Gasteiger charge is 2.12. The normalized spacial score (nSPS) is 10.8. The number of fused-ring (bicyclic) bond motifs is 1. The largest absolute Gasteiger partial charge is 0.277 e. The summed E-state index contributed by atoms with van der Waals surface area (Å²) in [5.41, 5.74) is 2.18. The standard InChI is InChI=1S/C16H12ClNO/c1-11-15(17)13-9-5-6-10-14(13)18(16(11)19)12-7-3-2-4-8-12/h2-10H,1H3. The summed E-state index contributed by atoms with van der Waals surface area (Å²) in [5.74, 6) is 0. The molecule has 0 aliphatic heterocycles. The SMILES string of the molecule is Cc1c(Cl)c2ccccc2n(-c2ccccc2)c1=O. The molecule has 0 unspecified atom stereocenters. The monoisotopic (exact) mass is 269 g/mol. The zero-order chi connectivity index (χ0) is 13.4. The van der Waals surface area contributed by atoms with E-state index >= 15 is 0 Å². The van der Waals surface area contributed by atoms with Gasteiger partial charge in [0.15, 0.2) is 0 Å². The van der Waals surface area contributed by atoms with Gasteiger partial charge in [-0.1, -0.05) is 48.0 Å². The average Bonchev–Trinajstić information content (AvgIpc) is 2.46. The minimum Gasteiger partial charge on any atom is -0.277 e. The minimum absolute atomic E-state index is 0.0742. The lowest BCUT2D eigenvalue weighted by Crippen LogP contribution is -2.21. The molecular formula is C16H12ClNO. The number of para-hydroxylation sites is 2. The smallest absolute Gasteiger partial charge is 0.260 e. The van der Waals surface area contributed by atoms with Crippen molar-refractivity contribution in [2.75, 3.05) is 0 Å². The van der Waals surface area contributed by atoms with Gasteiger partial charge in [0.1, 0.15) is 0 Å². The molecule has 0 radical (unpaired) electrons. The molecule has 3 heteroatoms. The van der Waals surface area contributed by atoms with Crippen LogP contribution in [0.5, 0.6) is 0 Å². The Hall–Kier alpha value is -2.06. The van der Waals surface area contributed by atoms with Gasteiger partial charge >= 0.3 is 0 Å². The fourth-order valence-electron chi connectivity index (χ4n) is 2.26. The molecule has 19 heavy (non-hydrogen) atoms. The first-order valence-corrected chi connectivity index (χ1v) is 6.43. The van der Waals surface area contributed by atoms with Crippen molar-refractivity contribution < 1.29 is 0 Å². The Morgan fingerprint density at radius 2 is 1.58 bits per heavy atom. The quantitative estimate of drug-likeness (QED) is 0.656. The minimum atomic E-state index is -0.0742. The van der Waals surface area contributed by atoms with Gasteiger partial charge in [-0.15, -0.1) is 0 Å². The first-order valence-electron chi connectivity index (χ1n) is 6.05. The number of hydrogen-bond donors (Lipinski definition) is 0. The molecule has 0 aliphatic carbocycles. The van der Waals surface area contributed by atoms with E-state index in [9.17, 15) is 4.79 Å². The average molecular weight is 270 g/mol. The summed E-state index contributed by atoms with van der Waals surface area (Å²) in [4.78, 5) is 12.5. The van der Waals surface area contributed by atoms with Crippen LogP contribution in [0.4, 0.5) is 0 Å². The van der Waals surface area contributed by atoms with Gasteiger partial charge in [-0.2, -0.15) is 0 Å². The Bertz CT molecular complexity index is 806. The number of benzene rings is 2. The highest BCUT2D eigenvalue weighted by Crippen LogP contribution is 2.26. The molecule has 0 amide bonds. The van der Waals surface area contributed by atoms with E-state index in [0.717, 1.165) is 16.6 Å². The van der Waals surface area contributed by atoms with Gasteiger partial charge in [0, 0.05) is 16.6 Å². The first-order chi connectivity index (χ1) is 9.20. The molecule has 3 aromatic rings. The van der Waals surface area contributed by atoms with Crippen molar-refractivity contribution in [2.24, 2.45) is 0 Å². The summed E-state index contributed by atoms with van der Waals surface area (Å²) in [6, 6.07) is 17.3. The Balaban J connectivity index is 2.52. The molecular weight excluding hydrogens is 258 g/mol. The van der Waals surface area contributed by atoms with Crippen molar-refractivity contribution in [3.8, 4) is 5.69 Å². The van der Waals surface area contributed by atoms with E-state index < -0.39 is 0 Å². The van der Waals surface area contributed by atoms with Crippen molar-refractivity contribution in [3.05, 3.63) is 75.5 Å². The molecule has 1 aromatic heterocycles. The van der Waals surface area contributed by atoms with Crippen LogP contribution in [0.2, 0.25) is 5.02 Å². The number of pyridine rings is 1. The van der Waals surface area contributed by atoms with E-state index in [2.05, 4.69) is 0 Å². The van der Waals surface area contributed by atoms with Crippen molar-refractivity contribution in [3.63, 3.8) is 0 Å². The van der Waals surface area contributed by atoms with Crippen LogP contribution >= 0.6 is 11.6 Å². The Labute approximate surface area is 115 Å². The molecule has 0 bridgehead atoms. The number of aromatic nitrogens is 1. The summed E-state index contributed by atoms with van der Waals surface area (Å²) in [7, 11) is 0. The lowest BCUT2D eigenvalue weighted by molar-refractivity contribution is 1.02. The van der Waals surface area contributed by atoms with Gasteiger partial charge in [0.05, 0.1) is 10.5 Å². The molecule has 0 atom stereocenters. The van der Waals surface area contributed by atoms with E-state index in [4.69, 9.17) is 11.6 Å². The fraction of sp³-hybridized carbons (Fsp3) is 0.0625. The third-order valence-electron chi connectivity index (χ3n) is 3.25. The third kappa shape index (κ3) is 1.85. The highest BCUT2D eigenvalue weighted by molar-refractivity contribution is 6.36. The topological polar surface area (TPSA) is 22.0 Å².